The lowest BCUT2D eigenvalue weighted by Gasteiger charge is -2.42. The normalized spacial score (nSPS) is 21.2. The van der Waals surface area contributed by atoms with E-state index in [2.05, 4.69) is 20.2 Å². The van der Waals surface area contributed by atoms with Crippen LogP contribution in [0.15, 0.2) is 22.2 Å². The SMILES string of the molecule is Cc1nc(N2CCC3(CC2)CO[C@@H](C)[C@H]3N)c(CO)nc1Sc1ccnc(NC(=O)CC#N)c1Cl. The largest absolute Gasteiger partial charge is 0.390 e. The third kappa shape index (κ3) is 5.22. The molecule has 2 aromatic heterocycles. The highest BCUT2D eigenvalue weighted by Gasteiger charge is 2.47. The molecule has 4 heterocycles. The Morgan fingerprint density at radius 1 is 1.46 bits per heavy atom. The van der Waals surface area contributed by atoms with Gasteiger partial charge in [-0.25, -0.2) is 15.0 Å². The molecule has 2 aliphatic rings. The molecular formula is C23H28ClN7O3S. The molecule has 0 aromatic carbocycles. The van der Waals surface area contributed by atoms with Crippen LogP contribution in [-0.2, 0) is 16.1 Å². The number of pyridine rings is 1. The number of anilines is 2. The van der Waals surface area contributed by atoms with Crippen molar-refractivity contribution in [1.29, 1.82) is 5.26 Å². The lowest BCUT2D eigenvalue weighted by Crippen LogP contribution is -2.51. The summed E-state index contributed by atoms with van der Waals surface area (Å²) < 4.78 is 5.82. The van der Waals surface area contributed by atoms with Crippen LogP contribution in [0.1, 0.15) is 37.6 Å². The van der Waals surface area contributed by atoms with Gasteiger partial charge in [-0.05, 0) is 32.8 Å². The number of aromatic nitrogens is 3. The van der Waals surface area contributed by atoms with E-state index < -0.39 is 5.91 Å². The van der Waals surface area contributed by atoms with Crippen molar-refractivity contribution in [3.63, 3.8) is 0 Å². The van der Waals surface area contributed by atoms with Crippen molar-refractivity contribution >= 4 is 40.9 Å². The maximum absolute atomic E-state index is 11.8. The topological polar surface area (TPSA) is 150 Å². The summed E-state index contributed by atoms with van der Waals surface area (Å²) in [7, 11) is 0. The van der Waals surface area contributed by atoms with Gasteiger partial charge in [-0.15, -0.1) is 0 Å². The molecule has 1 amide bonds. The number of nitrogens with two attached hydrogens (primary N) is 1. The molecule has 0 bridgehead atoms. The van der Waals surface area contributed by atoms with Crippen LogP contribution in [0.5, 0.6) is 0 Å². The predicted molar refractivity (Wildman–Crippen MR) is 132 cm³/mol. The summed E-state index contributed by atoms with van der Waals surface area (Å²) in [6.07, 6.45) is 3.08. The van der Waals surface area contributed by atoms with E-state index in [4.69, 9.17) is 32.3 Å². The van der Waals surface area contributed by atoms with E-state index >= 15 is 0 Å². The summed E-state index contributed by atoms with van der Waals surface area (Å²) >= 11 is 7.73. The van der Waals surface area contributed by atoms with Crippen LogP contribution in [0.2, 0.25) is 5.02 Å². The predicted octanol–water partition coefficient (Wildman–Crippen LogP) is 2.66. The van der Waals surface area contributed by atoms with Crippen LogP contribution in [-0.4, -0.2) is 57.8 Å². The smallest absolute Gasteiger partial charge is 0.239 e. The Morgan fingerprint density at radius 2 is 2.20 bits per heavy atom. The number of aliphatic hydroxyl groups excluding tert-OH is 1. The molecule has 0 saturated carbocycles. The van der Waals surface area contributed by atoms with E-state index in [1.807, 2.05) is 13.8 Å². The van der Waals surface area contributed by atoms with Crippen LogP contribution >= 0.6 is 23.4 Å². The van der Waals surface area contributed by atoms with Gasteiger partial charge in [0.1, 0.15) is 17.1 Å². The van der Waals surface area contributed by atoms with Gasteiger partial charge in [0.05, 0.1) is 36.1 Å². The third-order valence-electron chi connectivity index (χ3n) is 6.69. The van der Waals surface area contributed by atoms with Crippen LogP contribution in [0.3, 0.4) is 0 Å². The summed E-state index contributed by atoms with van der Waals surface area (Å²) in [5.74, 6) is 0.358. The van der Waals surface area contributed by atoms with Crippen LogP contribution in [0.25, 0.3) is 0 Å². The fraction of sp³-hybridized carbons (Fsp3) is 0.522. The van der Waals surface area contributed by atoms with Gasteiger partial charge in [-0.2, -0.15) is 5.26 Å². The second-order valence-corrected chi connectivity index (χ2v) is 10.3. The molecule has 2 saturated heterocycles. The molecule has 10 nitrogen and oxygen atoms in total. The molecule has 4 rings (SSSR count). The maximum Gasteiger partial charge on any atom is 0.239 e. The van der Waals surface area contributed by atoms with Crippen LogP contribution in [0.4, 0.5) is 11.6 Å². The minimum atomic E-state index is -0.491. The van der Waals surface area contributed by atoms with Crippen molar-refractivity contribution in [2.24, 2.45) is 11.1 Å². The van der Waals surface area contributed by atoms with Crippen molar-refractivity contribution in [3.05, 3.63) is 28.7 Å². The Kier molecular flexibility index (Phi) is 7.78. The lowest BCUT2D eigenvalue weighted by molar-refractivity contribution is -0.115. The standard InChI is InChI=1S/C23H28ClN7O3S/c1-13-22(35-16-4-8-27-20(18(16)24)30-17(33)3-7-25)29-15(11-32)21(28-13)31-9-5-23(6-10-31)12-34-14(2)19(23)26/h4,8,14,19,32H,3,5-6,9-12,26H2,1-2H3,(H,27,30,33)/t14-,19+/m0/s1. The molecule has 35 heavy (non-hydrogen) atoms. The Morgan fingerprint density at radius 3 is 2.83 bits per heavy atom. The number of rotatable bonds is 6. The van der Waals surface area contributed by atoms with Gasteiger partial charge in [0.15, 0.2) is 11.6 Å². The van der Waals surface area contributed by atoms with E-state index in [-0.39, 0.29) is 41.4 Å². The molecule has 0 unspecified atom stereocenters. The zero-order valence-electron chi connectivity index (χ0n) is 19.6. The molecule has 2 aliphatic heterocycles. The van der Waals surface area contributed by atoms with Gasteiger partial charge in [-0.3, -0.25) is 4.79 Å². The van der Waals surface area contributed by atoms with Crippen molar-refractivity contribution in [2.45, 2.75) is 61.8 Å². The average Bonchev–Trinajstić information content (AvgIpc) is 3.11. The molecule has 2 aromatic rings. The average molecular weight is 518 g/mol. The first-order valence-electron chi connectivity index (χ1n) is 11.4. The fourth-order valence-electron chi connectivity index (χ4n) is 4.56. The number of nitrogens with zero attached hydrogens (tertiary/aromatic N) is 5. The van der Waals surface area contributed by atoms with Crippen molar-refractivity contribution in [2.75, 3.05) is 29.9 Å². The van der Waals surface area contributed by atoms with Gasteiger partial charge in [-0.1, -0.05) is 23.4 Å². The van der Waals surface area contributed by atoms with E-state index in [0.29, 0.717) is 33.7 Å². The molecule has 2 fully saturated rings. The first-order chi connectivity index (χ1) is 16.8. The Bertz CT molecular complexity index is 1150. The third-order valence-corrected chi connectivity index (χ3v) is 8.33. The molecule has 12 heteroatoms. The van der Waals surface area contributed by atoms with Gasteiger partial charge in [0.2, 0.25) is 5.91 Å². The number of halogens is 1. The number of carbonyl (C=O) groups excluding carboxylic acids is 1. The minimum Gasteiger partial charge on any atom is -0.390 e. The lowest BCUT2D eigenvalue weighted by atomic mass is 9.73. The Balaban J connectivity index is 1.52. The highest BCUT2D eigenvalue weighted by molar-refractivity contribution is 7.99. The van der Waals surface area contributed by atoms with Gasteiger partial charge in [0, 0.05) is 35.6 Å². The van der Waals surface area contributed by atoms with Crippen molar-refractivity contribution in [1.82, 2.24) is 15.0 Å². The number of aliphatic hydroxyl groups is 1. The number of aryl methyl sites for hydroxylation is 1. The van der Waals surface area contributed by atoms with E-state index in [1.165, 1.54) is 18.0 Å². The number of hydrogen-bond donors (Lipinski definition) is 3. The number of hydrogen-bond acceptors (Lipinski definition) is 10. The summed E-state index contributed by atoms with van der Waals surface area (Å²) in [5.41, 5.74) is 7.62. The second kappa shape index (κ2) is 10.6. The van der Waals surface area contributed by atoms with Crippen LogP contribution in [0, 0.1) is 23.7 Å². The Hall–Kier alpha value is -2.49. The summed E-state index contributed by atoms with van der Waals surface area (Å²) in [5, 5.41) is 22.1. The minimum absolute atomic E-state index is 0.00792. The zero-order chi connectivity index (χ0) is 25.2. The Labute approximate surface area is 213 Å². The first-order valence-corrected chi connectivity index (χ1v) is 12.6. The summed E-state index contributed by atoms with van der Waals surface area (Å²) in [6, 6.07) is 3.51. The molecule has 0 aliphatic carbocycles. The van der Waals surface area contributed by atoms with E-state index in [9.17, 15) is 9.90 Å². The quantitative estimate of drug-likeness (QED) is 0.521. The fourth-order valence-corrected chi connectivity index (χ4v) is 5.71. The monoisotopic (exact) mass is 517 g/mol. The molecule has 4 N–H and O–H groups in total. The molecule has 1 spiro atoms. The summed E-state index contributed by atoms with van der Waals surface area (Å²) in [6.45, 7) is 5.84. The second-order valence-electron chi connectivity index (χ2n) is 8.89. The van der Waals surface area contributed by atoms with Gasteiger partial charge in [0.25, 0.3) is 0 Å². The maximum atomic E-state index is 11.8. The molecule has 0 radical (unpaired) electrons. The van der Waals surface area contributed by atoms with E-state index in [0.717, 1.165) is 25.9 Å². The number of carbonyl (C=O) groups is 1. The molecule has 2 atom stereocenters. The molecule has 186 valence electrons. The number of ether oxygens (including phenoxy) is 1. The van der Waals surface area contributed by atoms with Gasteiger partial charge < -0.3 is 25.8 Å². The van der Waals surface area contributed by atoms with Crippen LogP contribution < -0.4 is 16.0 Å². The van der Waals surface area contributed by atoms with Crippen molar-refractivity contribution in [3.8, 4) is 6.07 Å². The number of amides is 1. The number of piperidine rings is 1. The highest BCUT2D eigenvalue weighted by atomic mass is 35.5. The first kappa shape index (κ1) is 25.6. The highest BCUT2D eigenvalue weighted by Crippen LogP contribution is 2.43. The zero-order valence-corrected chi connectivity index (χ0v) is 21.2. The van der Waals surface area contributed by atoms with Crippen molar-refractivity contribution < 1.29 is 14.6 Å². The molecular weight excluding hydrogens is 490 g/mol. The summed E-state index contributed by atoms with van der Waals surface area (Å²) in [4.78, 5) is 28.1. The number of nitrogens with one attached hydrogen (secondary N) is 1. The number of nitriles is 1. The van der Waals surface area contributed by atoms with E-state index in [1.54, 1.807) is 12.1 Å². The van der Waals surface area contributed by atoms with Gasteiger partial charge >= 0.3 is 0 Å².